The van der Waals surface area contributed by atoms with E-state index >= 15 is 0 Å². The van der Waals surface area contributed by atoms with Crippen molar-refractivity contribution in [1.82, 2.24) is 20.4 Å². The van der Waals surface area contributed by atoms with Crippen LogP contribution in [-0.2, 0) is 12.0 Å². The van der Waals surface area contributed by atoms with Crippen molar-refractivity contribution >= 4 is 6.03 Å². The number of urea groups is 1. The van der Waals surface area contributed by atoms with Crippen LogP contribution in [0, 0.1) is 13.8 Å². The van der Waals surface area contributed by atoms with Crippen LogP contribution < -0.4 is 10.6 Å². The number of carbonyl (C=O) groups excluding carboxylic acids is 1. The molecule has 28 heavy (non-hydrogen) atoms. The molecule has 0 radical (unpaired) electrons. The third-order valence-electron chi connectivity index (χ3n) is 5.69. The van der Waals surface area contributed by atoms with Crippen LogP contribution in [0.2, 0.25) is 0 Å². The van der Waals surface area contributed by atoms with E-state index in [1.807, 2.05) is 54.9 Å². The third kappa shape index (κ3) is 3.65. The average Bonchev–Trinajstić information content (AvgIpc) is 3.47. The largest absolute Gasteiger partial charge is 0.337 e. The standard InChI is InChI=1S/C23H26N4O/c1-17-21(18(2)27(26-17)20-11-7-4-8-12-20)15-24-22(28)25-16-23(13-14-23)19-9-5-3-6-10-19/h3-12H,13-16H2,1-2H3,(H2,24,25,28). The number of para-hydroxylation sites is 1. The fourth-order valence-corrected chi connectivity index (χ4v) is 3.74. The smallest absolute Gasteiger partial charge is 0.315 e. The fourth-order valence-electron chi connectivity index (χ4n) is 3.74. The number of nitrogens with zero attached hydrogens (tertiary/aromatic N) is 2. The summed E-state index contributed by atoms with van der Waals surface area (Å²) in [6.07, 6.45) is 2.25. The van der Waals surface area contributed by atoms with Crippen LogP contribution in [0.25, 0.3) is 5.69 Å². The Labute approximate surface area is 165 Å². The van der Waals surface area contributed by atoms with Crippen LogP contribution in [0.4, 0.5) is 4.79 Å². The Morgan fingerprint density at radius 1 is 1.00 bits per heavy atom. The topological polar surface area (TPSA) is 59.0 Å². The summed E-state index contributed by atoms with van der Waals surface area (Å²) in [5.41, 5.74) is 5.49. The van der Waals surface area contributed by atoms with Gasteiger partial charge < -0.3 is 10.6 Å². The van der Waals surface area contributed by atoms with Crippen molar-refractivity contribution in [1.29, 1.82) is 0 Å². The summed E-state index contributed by atoms with van der Waals surface area (Å²) in [5.74, 6) is 0. The number of rotatable bonds is 6. The lowest BCUT2D eigenvalue weighted by molar-refractivity contribution is 0.239. The van der Waals surface area contributed by atoms with Crippen molar-refractivity contribution in [2.24, 2.45) is 0 Å². The van der Waals surface area contributed by atoms with E-state index in [0.29, 0.717) is 13.1 Å². The number of aromatic nitrogens is 2. The predicted molar refractivity (Wildman–Crippen MR) is 111 cm³/mol. The van der Waals surface area contributed by atoms with Gasteiger partial charge in [-0.25, -0.2) is 9.48 Å². The number of benzene rings is 2. The van der Waals surface area contributed by atoms with Crippen molar-refractivity contribution in [2.45, 2.75) is 38.6 Å². The van der Waals surface area contributed by atoms with E-state index in [0.717, 1.165) is 35.5 Å². The average molecular weight is 374 g/mol. The minimum Gasteiger partial charge on any atom is -0.337 e. The quantitative estimate of drug-likeness (QED) is 0.685. The predicted octanol–water partition coefficient (Wildman–Crippen LogP) is 4.02. The summed E-state index contributed by atoms with van der Waals surface area (Å²) < 4.78 is 1.93. The fraction of sp³-hybridized carbons (Fsp3) is 0.304. The molecule has 0 spiro atoms. The Kier molecular flexibility index (Phi) is 4.90. The van der Waals surface area contributed by atoms with E-state index in [4.69, 9.17) is 0 Å². The molecule has 1 fully saturated rings. The highest BCUT2D eigenvalue weighted by Gasteiger charge is 2.44. The molecule has 2 aromatic carbocycles. The molecule has 2 amide bonds. The van der Waals surface area contributed by atoms with Crippen LogP contribution in [0.3, 0.4) is 0 Å². The summed E-state index contributed by atoms with van der Waals surface area (Å²) in [7, 11) is 0. The Bertz CT molecular complexity index is 959. The first kappa shape index (κ1) is 18.3. The number of amides is 2. The molecule has 3 aromatic rings. The van der Waals surface area contributed by atoms with Crippen molar-refractivity contribution < 1.29 is 4.79 Å². The monoisotopic (exact) mass is 374 g/mol. The van der Waals surface area contributed by atoms with E-state index in [2.05, 4.69) is 40.0 Å². The molecule has 5 heteroatoms. The van der Waals surface area contributed by atoms with E-state index in [-0.39, 0.29) is 11.4 Å². The Balaban J connectivity index is 1.36. The third-order valence-corrected chi connectivity index (χ3v) is 5.69. The van der Waals surface area contributed by atoms with Crippen molar-refractivity contribution in [2.75, 3.05) is 6.54 Å². The zero-order valence-electron chi connectivity index (χ0n) is 16.4. The first-order chi connectivity index (χ1) is 13.6. The van der Waals surface area contributed by atoms with Crippen LogP contribution in [0.15, 0.2) is 60.7 Å². The Hall–Kier alpha value is -3.08. The van der Waals surface area contributed by atoms with Crippen LogP contribution in [0.5, 0.6) is 0 Å². The first-order valence-electron chi connectivity index (χ1n) is 9.77. The van der Waals surface area contributed by atoms with Gasteiger partial charge in [-0.3, -0.25) is 0 Å². The lowest BCUT2D eigenvalue weighted by Crippen LogP contribution is -2.39. The molecule has 5 nitrogen and oxygen atoms in total. The molecule has 0 saturated heterocycles. The van der Waals surface area contributed by atoms with Gasteiger partial charge in [0.05, 0.1) is 11.4 Å². The highest BCUT2D eigenvalue weighted by atomic mass is 16.2. The molecule has 1 heterocycles. The lowest BCUT2D eigenvalue weighted by Gasteiger charge is -2.17. The van der Waals surface area contributed by atoms with Gasteiger partial charge in [-0.15, -0.1) is 0 Å². The van der Waals surface area contributed by atoms with Gasteiger partial charge in [0.1, 0.15) is 0 Å². The zero-order chi connectivity index (χ0) is 19.6. The summed E-state index contributed by atoms with van der Waals surface area (Å²) in [5, 5.41) is 10.7. The lowest BCUT2D eigenvalue weighted by atomic mass is 9.96. The molecule has 2 N–H and O–H groups in total. The van der Waals surface area contributed by atoms with E-state index in [1.54, 1.807) is 0 Å². The molecule has 0 bridgehead atoms. The van der Waals surface area contributed by atoms with Crippen LogP contribution in [-0.4, -0.2) is 22.4 Å². The van der Waals surface area contributed by atoms with E-state index < -0.39 is 0 Å². The van der Waals surface area contributed by atoms with Crippen molar-refractivity contribution in [3.05, 3.63) is 83.2 Å². The van der Waals surface area contributed by atoms with Gasteiger partial charge in [-0.1, -0.05) is 48.5 Å². The maximum atomic E-state index is 12.4. The van der Waals surface area contributed by atoms with E-state index in [9.17, 15) is 4.79 Å². The maximum absolute atomic E-state index is 12.4. The second kappa shape index (κ2) is 7.50. The zero-order valence-corrected chi connectivity index (χ0v) is 16.4. The highest BCUT2D eigenvalue weighted by Crippen LogP contribution is 2.47. The number of nitrogens with one attached hydrogen (secondary N) is 2. The van der Waals surface area contributed by atoms with Gasteiger partial charge in [-0.05, 0) is 44.4 Å². The van der Waals surface area contributed by atoms with Gasteiger partial charge in [0.15, 0.2) is 0 Å². The minimum absolute atomic E-state index is 0.114. The maximum Gasteiger partial charge on any atom is 0.315 e. The Morgan fingerprint density at radius 2 is 1.64 bits per heavy atom. The molecule has 0 unspecified atom stereocenters. The number of aryl methyl sites for hydroxylation is 1. The second-order valence-electron chi connectivity index (χ2n) is 7.58. The molecular weight excluding hydrogens is 348 g/mol. The van der Waals surface area contributed by atoms with Crippen molar-refractivity contribution in [3.8, 4) is 5.69 Å². The van der Waals surface area contributed by atoms with Gasteiger partial charge >= 0.3 is 6.03 Å². The molecule has 0 aliphatic heterocycles. The van der Waals surface area contributed by atoms with Crippen LogP contribution >= 0.6 is 0 Å². The summed E-state index contributed by atoms with van der Waals surface area (Å²) in [4.78, 5) is 12.4. The SMILES string of the molecule is Cc1nn(-c2ccccc2)c(C)c1CNC(=O)NCC1(c2ccccc2)CC1. The first-order valence-corrected chi connectivity index (χ1v) is 9.77. The molecule has 1 saturated carbocycles. The highest BCUT2D eigenvalue weighted by molar-refractivity contribution is 5.74. The number of hydrogen-bond acceptors (Lipinski definition) is 2. The molecule has 4 rings (SSSR count). The van der Waals surface area contributed by atoms with Crippen LogP contribution in [0.1, 0.15) is 35.4 Å². The van der Waals surface area contributed by atoms with Gasteiger partial charge in [0.2, 0.25) is 0 Å². The van der Waals surface area contributed by atoms with Gasteiger partial charge in [0, 0.05) is 29.8 Å². The number of carbonyl (C=O) groups is 1. The van der Waals surface area contributed by atoms with Gasteiger partial charge in [-0.2, -0.15) is 5.10 Å². The molecule has 144 valence electrons. The Morgan fingerprint density at radius 3 is 2.29 bits per heavy atom. The normalized spacial score (nSPS) is 14.5. The number of hydrogen-bond donors (Lipinski definition) is 2. The molecular formula is C23H26N4O. The molecule has 1 aliphatic rings. The summed E-state index contributed by atoms with van der Waals surface area (Å²) >= 11 is 0. The van der Waals surface area contributed by atoms with Gasteiger partial charge in [0.25, 0.3) is 0 Å². The van der Waals surface area contributed by atoms with Crippen molar-refractivity contribution in [3.63, 3.8) is 0 Å². The molecule has 1 aliphatic carbocycles. The molecule has 0 atom stereocenters. The minimum atomic E-state index is -0.131. The van der Waals surface area contributed by atoms with E-state index in [1.165, 1.54) is 5.56 Å². The summed E-state index contributed by atoms with van der Waals surface area (Å²) in [6, 6.07) is 20.4. The second-order valence-corrected chi connectivity index (χ2v) is 7.58. The molecule has 1 aromatic heterocycles. The summed E-state index contributed by atoms with van der Waals surface area (Å²) in [6.45, 7) is 5.16.